The molecule has 1 aromatic rings. The number of nitrogens with one attached hydrogen (secondary N) is 1. The first-order valence-electron chi connectivity index (χ1n) is 7.35. The summed E-state index contributed by atoms with van der Waals surface area (Å²) in [5, 5.41) is 14.5. The molecular formula is C15H20ClN3O3. The number of likely N-dealkylation sites (tertiary alicyclic amines) is 1. The summed E-state index contributed by atoms with van der Waals surface area (Å²) in [6, 6.07) is 5.58. The lowest BCUT2D eigenvalue weighted by molar-refractivity contribution is -0.385. The van der Waals surface area contributed by atoms with Crippen molar-refractivity contribution < 1.29 is 9.72 Å². The number of amides is 1. The molecule has 2 unspecified atom stereocenters. The van der Waals surface area contributed by atoms with Crippen molar-refractivity contribution in [1.29, 1.82) is 0 Å². The second-order valence-corrected chi connectivity index (χ2v) is 5.88. The van der Waals surface area contributed by atoms with E-state index >= 15 is 0 Å². The van der Waals surface area contributed by atoms with Crippen LogP contribution in [0.25, 0.3) is 0 Å². The highest BCUT2D eigenvalue weighted by molar-refractivity contribution is 5.96. The molecule has 2 atom stereocenters. The minimum absolute atomic E-state index is 0. The first-order valence-corrected chi connectivity index (χ1v) is 7.35. The van der Waals surface area contributed by atoms with Gasteiger partial charge in [0.15, 0.2) is 0 Å². The first kappa shape index (κ1) is 16.7. The van der Waals surface area contributed by atoms with Gasteiger partial charge in [-0.25, -0.2) is 0 Å². The third kappa shape index (κ3) is 3.08. The van der Waals surface area contributed by atoms with Crippen molar-refractivity contribution in [3.63, 3.8) is 0 Å². The van der Waals surface area contributed by atoms with Gasteiger partial charge in [0.05, 0.1) is 4.92 Å². The van der Waals surface area contributed by atoms with Gasteiger partial charge in [-0.05, 0) is 32.3 Å². The average molecular weight is 326 g/mol. The number of benzene rings is 1. The van der Waals surface area contributed by atoms with E-state index in [9.17, 15) is 14.9 Å². The predicted molar refractivity (Wildman–Crippen MR) is 85.5 cm³/mol. The Kier molecular flexibility index (Phi) is 5.03. The maximum Gasteiger partial charge on any atom is 0.273 e. The van der Waals surface area contributed by atoms with Crippen molar-refractivity contribution in [3.8, 4) is 0 Å². The molecule has 2 fully saturated rings. The van der Waals surface area contributed by atoms with Gasteiger partial charge in [0.1, 0.15) is 0 Å². The molecule has 120 valence electrons. The fourth-order valence-corrected chi connectivity index (χ4v) is 3.35. The minimum atomic E-state index is -0.432. The molecule has 22 heavy (non-hydrogen) atoms. The molecule has 0 radical (unpaired) electrons. The van der Waals surface area contributed by atoms with E-state index in [-0.39, 0.29) is 24.0 Å². The fourth-order valence-electron chi connectivity index (χ4n) is 3.35. The van der Waals surface area contributed by atoms with E-state index in [1.54, 1.807) is 19.1 Å². The van der Waals surface area contributed by atoms with Crippen molar-refractivity contribution in [2.24, 2.45) is 0 Å². The Bertz CT molecular complexity index is 593. The number of rotatable bonds is 2. The number of nitro groups is 1. The molecule has 1 amide bonds. The second kappa shape index (κ2) is 6.62. The monoisotopic (exact) mass is 325 g/mol. The number of hydrogen-bond acceptors (Lipinski definition) is 4. The number of carbonyl (C=O) groups excluding carboxylic acids is 1. The standard InChI is InChI=1S/C15H19N3O3.ClH/c1-10-13(3-2-4-14(10)18(20)21)15(19)17-8-7-11-5-6-12(9-17)16-11;/h2-4,11-12,16H,5-9H2,1H3;1H. The van der Waals surface area contributed by atoms with Crippen LogP contribution in [-0.2, 0) is 0 Å². The molecule has 2 aliphatic heterocycles. The molecule has 2 heterocycles. The van der Waals surface area contributed by atoms with Crippen molar-refractivity contribution >= 4 is 24.0 Å². The maximum absolute atomic E-state index is 12.7. The van der Waals surface area contributed by atoms with Crippen LogP contribution >= 0.6 is 12.4 Å². The van der Waals surface area contributed by atoms with Crippen LogP contribution in [0.2, 0.25) is 0 Å². The Balaban J connectivity index is 0.00000176. The zero-order chi connectivity index (χ0) is 15.0. The second-order valence-electron chi connectivity index (χ2n) is 5.88. The van der Waals surface area contributed by atoms with Crippen LogP contribution in [0.15, 0.2) is 18.2 Å². The van der Waals surface area contributed by atoms with Crippen molar-refractivity contribution in [2.75, 3.05) is 13.1 Å². The Labute approximate surface area is 135 Å². The van der Waals surface area contributed by atoms with E-state index in [2.05, 4.69) is 5.32 Å². The summed E-state index contributed by atoms with van der Waals surface area (Å²) in [6.45, 7) is 3.06. The van der Waals surface area contributed by atoms with Gasteiger partial charge >= 0.3 is 0 Å². The summed E-state index contributed by atoms with van der Waals surface area (Å²) >= 11 is 0. The Morgan fingerprint density at radius 1 is 1.32 bits per heavy atom. The van der Waals surface area contributed by atoms with Crippen molar-refractivity contribution in [2.45, 2.75) is 38.3 Å². The first-order chi connectivity index (χ1) is 10.1. The summed E-state index contributed by atoms with van der Waals surface area (Å²) in [6.07, 6.45) is 3.24. The van der Waals surface area contributed by atoms with Gasteiger partial charge in [-0.3, -0.25) is 14.9 Å². The maximum atomic E-state index is 12.7. The summed E-state index contributed by atoms with van der Waals surface area (Å²) in [4.78, 5) is 25.1. The van der Waals surface area contributed by atoms with E-state index in [0.29, 0.717) is 29.8 Å². The lowest BCUT2D eigenvalue weighted by atomic mass is 10.0. The van der Waals surface area contributed by atoms with Gasteiger partial charge in [0.2, 0.25) is 0 Å². The summed E-state index contributed by atoms with van der Waals surface area (Å²) in [5.41, 5.74) is 0.909. The molecule has 1 N–H and O–H groups in total. The molecule has 0 aliphatic carbocycles. The molecule has 1 aromatic carbocycles. The van der Waals surface area contributed by atoms with Gasteiger partial charge in [-0.1, -0.05) is 6.07 Å². The van der Waals surface area contributed by atoms with E-state index in [0.717, 1.165) is 19.4 Å². The molecule has 7 heteroatoms. The normalized spacial score (nSPS) is 23.6. The number of halogens is 1. The molecule has 0 aromatic heterocycles. The van der Waals surface area contributed by atoms with Crippen LogP contribution in [0.1, 0.15) is 35.2 Å². The van der Waals surface area contributed by atoms with E-state index in [1.165, 1.54) is 12.5 Å². The van der Waals surface area contributed by atoms with Crippen LogP contribution < -0.4 is 5.32 Å². The lowest BCUT2D eigenvalue weighted by Crippen LogP contribution is -2.39. The fraction of sp³-hybridized carbons (Fsp3) is 0.533. The Morgan fingerprint density at radius 2 is 2.05 bits per heavy atom. The number of hydrogen-bond donors (Lipinski definition) is 1. The SMILES string of the molecule is Cc1c(C(=O)N2CCC3CCC(C2)N3)cccc1[N+](=O)[O-].Cl. The van der Waals surface area contributed by atoms with E-state index < -0.39 is 4.92 Å². The van der Waals surface area contributed by atoms with Crippen LogP contribution in [0.4, 0.5) is 5.69 Å². The molecular weight excluding hydrogens is 306 g/mol. The highest BCUT2D eigenvalue weighted by Crippen LogP contribution is 2.25. The lowest BCUT2D eigenvalue weighted by Gasteiger charge is -2.25. The van der Waals surface area contributed by atoms with Crippen LogP contribution in [0.3, 0.4) is 0 Å². The Morgan fingerprint density at radius 3 is 2.77 bits per heavy atom. The van der Waals surface area contributed by atoms with Crippen molar-refractivity contribution in [1.82, 2.24) is 10.2 Å². The largest absolute Gasteiger partial charge is 0.337 e. The van der Waals surface area contributed by atoms with Gasteiger partial charge in [0.25, 0.3) is 11.6 Å². The number of fused-ring (bicyclic) bond motifs is 2. The summed E-state index contributed by atoms with van der Waals surface area (Å²) in [5.74, 6) is -0.0921. The average Bonchev–Trinajstić information content (AvgIpc) is 2.77. The molecule has 3 rings (SSSR count). The third-order valence-corrected chi connectivity index (χ3v) is 4.54. The molecule has 2 bridgehead atoms. The molecule has 2 saturated heterocycles. The molecule has 2 aliphatic rings. The van der Waals surface area contributed by atoms with Crippen LogP contribution in [-0.4, -0.2) is 40.9 Å². The van der Waals surface area contributed by atoms with Gasteiger partial charge < -0.3 is 10.2 Å². The highest BCUT2D eigenvalue weighted by atomic mass is 35.5. The van der Waals surface area contributed by atoms with Crippen molar-refractivity contribution in [3.05, 3.63) is 39.4 Å². The van der Waals surface area contributed by atoms with Crippen LogP contribution in [0.5, 0.6) is 0 Å². The van der Waals surface area contributed by atoms with Gasteiger partial charge in [-0.2, -0.15) is 0 Å². The number of carbonyl (C=O) groups is 1. The molecule has 0 spiro atoms. The zero-order valence-corrected chi connectivity index (χ0v) is 13.3. The quantitative estimate of drug-likeness (QED) is 0.668. The number of nitrogens with zero attached hydrogens (tertiary/aromatic N) is 2. The van der Waals surface area contributed by atoms with Crippen LogP contribution in [0, 0.1) is 17.0 Å². The smallest absolute Gasteiger partial charge is 0.273 e. The highest BCUT2D eigenvalue weighted by Gasteiger charge is 2.32. The van der Waals surface area contributed by atoms with E-state index in [1.807, 2.05) is 4.90 Å². The van der Waals surface area contributed by atoms with Gasteiger partial charge in [-0.15, -0.1) is 12.4 Å². The van der Waals surface area contributed by atoms with Gasteiger partial charge in [0, 0.05) is 42.4 Å². The summed E-state index contributed by atoms with van der Waals surface area (Å²) in [7, 11) is 0. The minimum Gasteiger partial charge on any atom is -0.337 e. The topological polar surface area (TPSA) is 75.5 Å². The summed E-state index contributed by atoms with van der Waals surface area (Å²) < 4.78 is 0. The molecule has 6 nitrogen and oxygen atoms in total. The van der Waals surface area contributed by atoms with E-state index in [4.69, 9.17) is 0 Å². The number of nitro benzene ring substituents is 1. The zero-order valence-electron chi connectivity index (χ0n) is 12.4. The third-order valence-electron chi connectivity index (χ3n) is 4.54. The molecule has 0 saturated carbocycles. The predicted octanol–water partition coefficient (Wildman–Crippen LogP) is 2.29. The Hall–Kier alpha value is -1.66.